The molecule has 2 aromatic heterocycles. The van der Waals surface area contributed by atoms with Crippen LogP contribution >= 0.6 is 15.9 Å². The SMILES string of the molecule is O=c1[nH]c2cnc(NC[C@@H]3CC[C@H](O)C3)nc2n1Cc1cc(Br)ccc1OC(F)(F)F. The summed E-state index contributed by atoms with van der Waals surface area (Å²) in [6, 6.07) is 4.07. The molecule has 2 heterocycles. The number of aromatic amines is 1. The quantitative estimate of drug-likeness (QED) is 0.478. The molecule has 0 saturated heterocycles. The smallest absolute Gasteiger partial charge is 0.405 e. The molecule has 31 heavy (non-hydrogen) atoms. The minimum absolute atomic E-state index is 0.155. The third-order valence-corrected chi connectivity index (χ3v) is 5.64. The lowest BCUT2D eigenvalue weighted by molar-refractivity contribution is -0.274. The molecule has 1 aliphatic rings. The molecule has 2 atom stereocenters. The summed E-state index contributed by atoms with van der Waals surface area (Å²) >= 11 is 3.23. The first kappa shape index (κ1) is 21.6. The number of alkyl halides is 3. The van der Waals surface area contributed by atoms with Crippen molar-refractivity contribution >= 4 is 33.0 Å². The van der Waals surface area contributed by atoms with E-state index < -0.39 is 17.8 Å². The Kier molecular flexibility index (Phi) is 5.93. The van der Waals surface area contributed by atoms with Crippen molar-refractivity contribution in [3.63, 3.8) is 0 Å². The van der Waals surface area contributed by atoms with Gasteiger partial charge in [-0.05, 0) is 43.4 Å². The number of fused-ring (bicyclic) bond motifs is 1. The molecule has 1 saturated carbocycles. The first-order valence-corrected chi connectivity index (χ1v) is 10.4. The van der Waals surface area contributed by atoms with E-state index in [9.17, 15) is 23.1 Å². The number of aliphatic hydroxyl groups is 1. The number of benzene rings is 1. The maximum atomic E-state index is 12.8. The second kappa shape index (κ2) is 8.50. The van der Waals surface area contributed by atoms with Gasteiger partial charge >= 0.3 is 12.1 Å². The van der Waals surface area contributed by atoms with Gasteiger partial charge in [-0.1, -0.05) is 15.9 Å². The molecule has 12 heteroatoms. The van der Waals surface area contributed by atoms with Gasteiger partial charge in [-0.25, -0.2) is 9.78 Å². The van der Waals surface area contributed by atoms with Crippen LogP contribution in [0.25, 0.3) is 11.2 Å². The standard InChI is InChI=1S/C19H19BrF3N5O3/c20-12-2-4-15(31-19(21,22)23)11(6-12)9-28-16-14(26-18(28)30)8-25-17(27-16)24-7-10-1-3-13(29)5-10/h2,4,6,8,10,13,29H,1,3,5,7,9H2,(H,26,30)(H,24,25,27)/t10-,13+/m1/s1. The van der Waals surface area contributed by atoms with Crippen LogP contribution in [0.3, 0.4) is 0 Å². The van der Waals surface area contributed by atoms with Gasteiger partial charge in [0.15, 0.2) is 5.65 Å². The van der Waals surface area contributed by atoms with Crippen LogP contribution in [0.5, 0.6) is 5.75 Å². The fourth-order valence-corrected chi connectivity index (χ4v) is 4.12. The number of imidazole rings is 1. The van der Waals surface area contributed by atoms with Crippen molar-refractivity contribution in [3.8, 4) is 5.75 Å². The number of H-pyrrole nitrogens is 1. The highest BCUT2D eigenvalue weighted by molar-refractivity contribution is 9.10. The summed E-state index contributed by atoms with van der Waals surface area (Å²) in [6.07, 6.45) is -1.34. The highest BCUT2D eigenvalue weighted by atomic mass is 79.9. The van der Waals surface area contributed by atoms with E-state index in [1.54, 1.807) is 0 Å². The lowest BCUT2D eigenvalue weighted by Gasteiger charge is -2.14. The van der Waals surface area contributed by atoms with Crippen LogP contribution in [0.2, 0.25) is 0 Å². The zero-order chi connectivity index (χ0) is 22.2. The minimum atomic E-state index is -4.86. The number of nitrogens with zero attached hydrogens (tertiary/aromatic N) is 3. The lowest BCUT2D eigenvalue weighted by Crippen LogP contribution is -2.21. The Bertz CT molecular complexity index is 1150. The number of hydrogen-bond donors (Lipinski definition) is 3. The van der Waals surface area contributed by atoms with Crippen molar-refractivity contribution in [2.24, 2.45) is 5.92 Å². The zero-order valence-electron chi connectivity index (χ0n) is 16.1. The van der Waals surface area contributed by atoms with Gasteiger partial charge in [0.1, 0.15) is 11.3 Å². The molecular weight excluding hydrogens is 483 g/mol. The van der Waals surface area contributed by atoms with Gasteiger partial charge in [0.2, 0.25) is 5.95 Å². The average Bonchev–Trinajstić information content (AvgIpc) is 3.24. The first-order chi connectivity index (χ1) is 14.7. The molecule has 0 amide bonds. The van der Waals surface area contributed by atoms with E-state index in [-0.39, 0.29) is 23.9 Å². The highest BCUT2D eigenvalue weighted by Crippen LogP contribution is 2.30. The van der Waals surface area contributed by atoms with Crippen molar-refractivity contribution in [2.45, 2.75) is 38.3 Å². The summed E-state index contributed by atoms with van der Waals surface area (Å²) in [5, 5.41) is 12.8. The van der Waals surface area contributed by atoms with E-state index in [0.29, 0.717) is 34.8 Å². The van der Waals surface area contributed by atoms with Crippen LogP contribution in [0.15, 0.2) is 33.7 Å². The van der Waals surface area contributed by atoms with E-state index >= 15 is 0 Å². The predicted octanol–water partition coefficient (Wildman–Crippen LogP) is 3.40. The van der Waals surface area contributed by atoms with Crippen molar-refractivity contribution in [3.05, 3.63) is 44.9 Å². The number of hydrogen-bond acceptors (Lipinski definition) is 6. The van der Waals surface area contributed by atoms with Gasteiger partial charge in [-0.2, -0.15) is 4.98 Å². The van der Waals surface area contributed by atoms with E-state index in [0.717, 1.165) is 12.8 Å². The Morgan fingerprint density at radius 2 is 2.16 bits per heavy atom. The lowest BCUT2D eigenvalue weighted by atomic mass is 10.1. The van der Waals surface area contributed by atoms with Gasteiger partial charge < -0.3 is 20.1 Å². The van der Waals surface area contributed by atoms with Crippen LogP contribution in [-0.4, -0.2) is 43.6 Å². The summed E-state index contributed by atoms with van der Waals surface area (Å²) in [5.74, 6) is 0.193. The molecule has 0 unspecified atom stereocenters. The fourth-order valence-electron chi connectivity index (χ4n) is 3.71. The minimum Gasteiger partial charge on any atom is -0.405 e. The van der Waals surface area contributed by atoms with Crippen LogP contribution < -0.4 is 15.7 Å². The molecule has 0 bridgehead atoms. The molecule has 4 rings (SSSR count). The van der Waals surface area contributed by atoms with E-state index in [2.05, 4.69) is 40.9 Å². The average molecular weight is 502 g/mol. The second-order valence-corrected chi connectivity index (χ2v) is 8.38. The van der Waals surface area contributed by atoms with Gasteiger partial charge in [0, 0.05) is 16.6 Å². The van der Waals surface area contributed by atoms with Crippen molar-refractivity contribution in [1.82, 2.24) is 19.5 Å². The summed E-state index contributed by atoms with van der Waals surface area (Å²) < 4.78 is 44.2. The monoisotopic (exact) mass is 501 g/mol. The Morgan fingerprint density at radius 1 is 1.35 bits per heavy atom. The van der Waals surface area contributed by atoms with Crippen molar-refractivity contribution in [2.75, 3.05) is 11.9 Å². The fraction of sp³-hybridized carbons (Fsp3) is 0.421. The molecule has 8 nitrogen and oxygen atoms in total. The van der Waals surface area contributed by atoms with Crippen LogP contribution in [0.1, 0.15) is 24.8 Å². The molecule has 3 N–H and O–H groups in total. The molecule has 0 aliphatic heterocycles. The second-order valence-electron chi connectivity index (χ2n) is 7.46. The van der Waals surface area contributed by atoms with Crippen LogP contribution in [-0.2, 0) is 6.54 Å². The number of aromatic nitrogens is 4. The van der Waals surface area contributed by atoms with E-state index in [4.69, 9.17) is 0 Å². The number of anilines is 1. The zero-order valence-corrected chi connectivity index (χ0v) is 17.7. The Balaban J connectivity index is 1.61. The number of nitrogens with one attached hydrogen (secondary N) is 2. The summed E-state index contributed by atoms with van der Waals surface area (Å²) in [6.45, 7) is 0.390. The highest BCUT2D eigenvalue weighted by Gasteiger charge is 2.32. The van der Waals surface area contributed by atoms with Crippen LogP contribution in [0, 0.1) is 5.92 Å². The van der Waals surface area contributed by atoms with Gasteiger partial charge in [0.25, 0.3) is 0 Å². The Morgan fingerprint density at radius 3 is 2.87 bits per heavy atom. The maximum absolute atomic E-state index is 12.8. The largest absolute Gasteiger partial charge is 0.573 e. The normalized spacial score (nSPS) is 19.1. The topological polar surface area (TPSA) is 105 Å². The van der Waals surface area contributed by atoms with Crippen molar-refractivity contribution in [1.29, 1.82) is 0 Å². The van der Waals surface area contributed by atoms with E-state index in [1.165, 1.54) is 29.0 Å². The molecule has 1 aromatic carbocycles. The molecule has 0 spiro atoms. The van der Waals surface area contributed by atoms with E-state index in [1.807, 2.05) is 0 Å². The third kappa shape index (κ3) is 5.18. The van der Waals surface area contributed by atoms with Gasteiger partial charge in [-0.15, -0.1) is 13.2 Å². The number of halogens is 4. The molecule has 1 aliphatic carbocycles. The number of rotatable bonds is 6. The van der Waals surface area contributed by atoms with Crippen LogP contribution in [0.4, 0.5) is 19.1 Å². The molecule has 0 radical (unpaired) electrons. The molecule has 1 fully saturated rings. The maximum Gasteiger partial charge on any atom is 0.573 e. The van der Waals surface area contributed by atoms with Gasteiger partial charge in [-0.3, -0.25) is 4.57 Å². The third-order valence-electron chi connectivity index (χ3n) is 5.15. The molecular formula is C19H19BrF3N5O3. The number of ether oxygens (including phenoxy) is 1. The Hall–Kier alpha value is -2.60. The summed E-state index contributed by atoms with van der Waals surface area (Å²) in [5.41, 5.74) is 0.244. The predicted molar refractivity (Wildman–Crippen MR) is 110 cm³/mol. The van der Waals surface area contributed by atoms with Crippen molar-refractivity contribution < 1.29 is 23.0 Å². The Labute approximate surface area is 182 Å². The van der Waals surface area contributed by atoms with Gasteiger partial charge in [0.05, 0.1) is 18.8 Å². The first-order valence-electron chi connectivity index (χ1n) is 9.59. The number of aliphatic hydroxyl groups excluding tert-OH is 1. The molecule has 166 valence electrons. The molecule has 3 aromatic rings. The summed E-state index contributed by atoms with van der Waals surface area (Å²) in [4.78, 5) is 23.6. The summed E-state index contributed by atoms with van der Waals surface area (Å²) in [7, 11) is 0.